The van der Waals surface area contributed by atoms with Crippen LogP contribution in [-0.2, 0) is 15.4 Å². The number of hydrogen-bond acceptors (Lipinski definition) is 5. The molecule has 0 saturated heterocycles. The number of nitrogens with two attached hydrogens (primary N) is 1. The molecule has 1 unspecified atom stereocenters. The van der Waals surface area contributed by atoms with Gasteiger partial charge in [0.2, 0.25) is 0 Å². The molecule has 0 aliphatic carbocycles. The Labute approximate surface area is 74.5 Å². The molecule has 76 valence electrons. The first kappa shape index (κ1) is 14.4. The second kappa shape index (κ2) is 10.8. The van der Waals surface area contributed by atoms with Gasteiger partial charge >= 0.3 is 0 Å². The molecule has 1 atom stereocenters. The van der Waals surface area contributed by atoms with Crippen molar-refractivity contribution in [2.24, 2.45) is 5.73 Å². The zero-order valence-electron chi connectivity index (χ0n) is 7.40. The Bertz CT molecular complexity index is 138. The molecule has 0 radical (unpaired) electrons. The second-order valence-electron chi connectivity index (χ2n) is 1.94. The van der Waals surface area contributed by atoms with Crippen LogP contribution >= 0.6 is 0 Å². The summed E-state index contributed by atoms with van der Waals surface area (Å²) in [7, 11) is -2.35. The van der Waals surface area contributed by atoms with Gasteiger partial charge in [-0.25, -0.2) is 8.42 Å². The summed E-state index contributed by atoms with van der Waals surface area (Å²) < 4.78 is 23.8. The van der Waals surface area contributed by atoms with E-state index in [-0.39, 0.29) is 18.6 Å². The molecule has 0 aromatic rings. The van der Waals surface area contributed by atoms with Gasteiger partial charge in [-0.1, -0.05) is 0 Å². The van der Waals surface area contributed by atoms with Gasteiger partial charge < -0.3 is 15.6 Å². The molecule has 12 heavy (non-hydrogen) atoms. The van der Waals surface area contributed by atoms with Crippen molar-refractivity contribution < 1.29 is 18.3 Å². The number of aliphatic hydroxyl groups is 1. The van der Waals surface area contributed by atoms with E-state index in [4.69, 9.17) is 15.6 Å². The van der Waals surface area contributed by atoms with Crippen LogP contribution < -0.4 is 5.73 Å². The summed E-state index contributed by atoms with van der Waals surface area (Å²) in [6.07, 6.45) is -0.102. The number of rotatable bonds is 4. The number of hydrogen-bond donors (Lipinski definition) is 3. The predicted octanol–water partition coefficient (Wildman–Crippen LogP) is -1.08. The first-order valence-electron chi connectivity index (χ1n) is 3.64. The molecule has 0 heterocycles. The monoisotopic (exact) mass is 199 g/mol. The lowest BCUT2D eigenvalue weighted by atomic mass is 10.7. The Hall–Kier alpha value is -0.170. The summed E-state index contributed by atoms with van der Waals surface area (Å²) in [5, 5.41) is 7.85. The third-order valence-corrected chi connectivity index (χ3v) is 1.28. The Kier molecular flexibility index (Phi) is 13.0. The third kappa shape index (κ3) is 22.5. The van der Waals surface area contributed by atoms with Gasteiger partial charge in [-0.2, -0.15) is 0 Å². The van der Waals surface area contributed by atoms with Crippen molar-refractivity contribution in [1.29, 1.82) is 0 Å². The fourth-order valence-corrected chi connectivity index (χ4v) is 0.508. The highest BCUT2D eigenvalue weighted by molar-refractivity contribution is 7.72. The lowest BCUT2D eigenvalue weighted by molar-refractivity contribution is 0.0814. The number of aliphatic hydroxyl groups excluding tert-OH is 1. The highest BCUT2D eigenvalue weighted by atomic mass is 32.2. The van der Waals surface area contributed by atoms with E-state index < -0.39 is 10.7 Å². The van der Waals surface area contributed by atoms with Gasteiger partial charge in [-0.15, -0.1) is 0 Å². The molecule has 0 aliphatic rings. The molecule has 0 aliphatic heterocycles. The minimum absolute atomic E-state index is 0.102. The van der Waals surface area contributed by atoms with E-state index in [1.54, 1.807) is 0 Å². The van der Waals surface area contributed by atoms with Gasteiger partial charge in [0.15, 0.2) is 0 Å². The van der Waals surface area contributed by atoms with Gasteiger partial charge in [-0.05, 0) is 13.8 Å². The maximum Gasteiger partial charge on any atom is 0.142 e. The molecular formula is C6H17NO4S. The van der Waals surface area contributed by atoms with Crippen LogP contribution in [0.3, 0.4) is 0 Å². The van der Waals surface area contributed by atoms with Gasteiger partial charge in [0, 0.05) is 6.61 Å². The van der Waals surface area contributed by atoms with Crippen LogP contribution in [0.1, 0.15) is 13.8 Å². The van der Waals surface area contributed by atoms with E-state index in [0.717, 1.165) is 0 Å². The Balaban J connectivity index is 0. The van der Waals surface area contributed by atoms with Crippen molar-refractivity contribution in [3.8, 4) is 0 Å². The predicted molar refractivity (Wildman–Crippen MR) is 47.5 cm³/mol. The van der Waals surface area contributed by atoms with Crippen LogP contribution in [0.25, 0.3) is 0 Å². The van der Waals surface area contributed by atoms with Gasteiger partial charge in [0.25, 0.3) is 0 Å². The number of ether oxygens (including phenoxy) is 1. The molecule has 3 N–H and O–H groups in total. The second-order valence-corrected chi connectivity index (χ2v) is 3.05. The highest BCUT2D eigenvalue weighted by Crippen LogP contribution is 1.74. The molecular weight excluding hydrogens is 182 g/mol. The van der Waals surface area contributed by atoms with Crippen molar-refractivity contribution >= 4 is 10.7 Å². The Morgan fingerprint density at radius 2 is 2.08 bits per heavy atom. The maximum atomic E-state index is 9.48. The summed E-state index contributed by atoms with van der Waals surface area (Å²) in [6, 6.07) is 0. The summed E-state index contributed by atoms with van der Waals surface area (Å²) in [5.74, 6) is -0.116. The molecule has 0 fully saturated rings. The Morgan fingerprint density at radius 3 is 2.08 bits per heavy atom. The Morgan fingerprint density at radius 1 is 1.58 bits per heavy atom. The lowest BCUT2D eigenvalue weighted by Gasteiger charge is -2.00. The fourth-order valence-electron chi connectivity index (χ4n) is 0.345. The SMILES string of the molecule is CCOC(C)N.O=[SH](=O)CCO. The zero-order valence-corrected chi connectivity index (χ0v) is 8.29. The standard InChI is InChI=1S/C4H11NO.C2H6O3S/c1-3-6-4(2)5;3-1-2-6(4)5/h4H,3,5H2,1-2H3;3,6H,1-2H2. The van der Waals surface area contributed by atoms with Gasteiger partial charge in [0.1, 0.15) is 16.9 Å². The molecule has 0 aromatic carbocycles. The summed E-state index contributed by atoms with van der Waals surface area (Å²) in [5.41, 5.74) is 5.18. The minimum atomic E-state index is -2.35. The summed E-state index contributed by atoms with van der Waals surface area (Å²) >= 11 is 0. The third-order valence-electron chi connectivity index (χ3n) is 0.712. The largest absolute Gasteiger partial charge is 0.395 e. The van der Waals surface area contributed by atoms with E-state index in [1.807, 2.05) is 13.8 Å². The minimum Gasteiger partial charge on any atom is -0.395 e. The first-order valence-corrected chi connectivity index (χ1v) is 5.00. The van der Waals surface area contributed by atoms with Crippen LogP contribution in [0.5, 0.6) is 0 Å². The normalized spacial score (nSPS) is 12.1. The molecule has 0 saturated carbocycles. The van der Waals surface area contributed by atoms with Crippen molar-refractivity contribution in [2.75, 3.05) is 19.0 Å². The van der Waals surface area contributed by atoms with E-state index >= 15 is 0 Å². The van der Waals surface area contributed by atoms with E-state index in [9.17, 15) is 8.42 Å². The van der Waals surface area contributed by atoms with Crippen molar-refractivity contribution in [1.82, 2.24) is 0 Å². The lowest BCUT2D eigenvalue weighted by Crippen LogP contribution is -2.18. The molecule has 5 nitrogen and oxygen atoms in total. The zero-order chi connectivity index (χ0) is 9.98. The highest BCUT2D eigenvalue weighted by Gasteiger charge is 1.83. The average Bonchev–Trinajstić information content (AvgIpc) is 1.87. The van der Waals surface area contributed by atoms with Crippen molar-refractivity contribution in [3.63, 3.8) is 0 Å². The first-order chi connectivity index (χ1) is 5.54. The van der Waals surface area contributed by atoms with E-state index in [2.05, 4.69) is 0 Å². The van der Waals surface area contributed by atoms with Crippen LogP contribution in [0, 0.1) is 0 Å². The number of thiol groups is 1. The molecule has 0 rings (SSSR count). The van der Waals surface area contributed by atoms with Crippen LogP contribution in [0.15, 0.2) is 0 Å². The molecule has 0 bridgehead atoms. The van der Waals surface area contributed by atoms with Gasteiger partial charge in [0.05, 0.1) is 12.4 Å². The van der Waals surface area contributed by atoms with E-state index in [0.29, 0.717) is 6.61 Å². The molecule has 0 aromatic heterocycles. The smallest absolute Gasteiger partial charge is 0.142 e. The van der Waals surface area contributed by atoms with Crippen LogP contribution in [-0.4, -0.2) is 38.7 Å². The van der Waals surface area contributed by atoms with Crippen molar-refractivity contribution in [2.45, 2.75) is 20.1 Å². The summed E-state index contributed by atoms with van der Waals surface area (Å²) in [6.45, 7) is 4.17. The topological polar surface area (TPSA) is 89.6 Å². The molecule has 0 amide bonds. The van der Waals surface area contributed by atoms with Crippen LogP contribution in [0.2, 0.25) is 0 Å². The van der Waals surface area contributed by atoms with Crippen molar-refractivity contribution in [3.05, 3.63) is 0 Å². The average molecular weight is 199 g/mol. The summed E-state index contributed by atoms with van der Waals surface area (Å²) in [4.78, 5) is 0. The quantitative estimate of drug-likeness (QED) is 0.396. The van der Waals surface area contributed by atoms with E-state index in [1.165, 1.54) is 0 Å². The maximum absolute atomic E-state index is 9.48. The van der Waals surface area contributed by atoms with Crippen LogP contribution in [0.4, 0.5) is 0 Å². The fraction of sp³-hybridized carbons (Fsp3) is 1.00. The van der Waals surface area contributed by atoms with Gasteiger partial charge in [-0.3, -0.25) is 0 Å². The molecule has 6 heteroatoms. The molecule has 0 spiro atoms.